The Morgan fingerprint density at radius 3 is 2.50 bits per heavy atom. The Morgan fingerprint density at radius 2 is 1.83 bits per heavy atom. The summed E-state index contributed by atoms with van der Waals surface area (Å²) < 4.78 is 0. The smallest absolute Gasteiger partial charge is 0.115 e. The van der Waals surface area contributed by atoms with Crippen LogP contribution in [-0.2, 0) is 6.42 Å². The summed E-state index contributed by atoms with van der Waals surface area (Å²) in [7, 11) is 0. The molecule has 94 valence electrons. The summed E-state index contributed by atoms with van der Waals surface area (Å²) in [5, 5.41) is 10.3. The molecule has 0 amide bonds. The molecule has 1 unspecified atom stereocenters. The first-order chi connectivity index (χ1) is 8.66. The van der Waals surface area contributed by atoms with E-state index in [0.717, 1.165) is 17.5 Å². The molecule has 0 aliphatic rings. The van der Waals surface area contributed by atoms with E-state index < -0.39 is 6.10 Å². The van der Waals surface area contributed by atoms with Crippen LogP contribution in [0.25, 0.3) is 0 Å². The van der Waals surface area contributed by atoms with Gasteiger partial charge in [0.1, 0.15) is 12.4 Å². The molecular formula is C15H18N2O. The highest BCUT2D eigenvalue weighted by molar-refractivity contribution is 5.30. The third-order valence-corrected chi connectivity index (χ3v) is 2.81. The van der Waals surface area contributed by atoms with Crippen molar-refractivity contribution in [3.05, 3.63) is 59.7 Å². The van der Waals surface area contributed by atoms with Crippen molar-refractivity contribution in [3.63, 3.8) is 0 Å². The second-order valence-electron chi connectivity index (χ2n) is 4.92. The third-order valence-electron chi connectivity index (χ3n) is 2.81. The molecule has 1 N–H and O–H groups in total. The van der Waals surface area contributed by atoms with Gasteiger partial charge in [-0.1, -0.05) is 38.1 Å². The first-order valence-electron chi connectivity index (χ1n) is 6.18. The van der Waals surface area contributed by atoms with Crippen LogP contribution >= 0.6 is 0 Å². The van der Waals surface area contributed by atoms with Crippen molar-refractivity contribution in [3.8, 4) is 0 Å². The number of hydrogen-bond donors (Lipinski definition) is 1. The van der Waals surface area contributed by atoms with E-state index >= 15 is 0 Å². The summed E-state index contributed by atoms with van der Waals surface area (Å²) in [6, 6.07) is 8.07. The summed E-state index contributed by atoms with van der Waals surface area (Å²) in [6.07, 6.45) is 5.12. The van der Waals surface area contributed by atoms with Crippen LogP contribution in [0.15, 0.2) is 43.0 Å². The minimum Gasteiger partial charge on any atom is -0.384 e. The van der Waals surface area contributed by atoms with Crippen LogP contribution in [-0.4, -0.2) is 15.1 Å². The van der Waals surface area contributed by atoms with Crippen molar-refractivity contribution in [2.45, 2.75) is 26.4 Å². The lowest BCUT2D eigenvalue weighted by molar-refractivity contribution is 0.219. The number of aromatic nitrogens is 2. The number of nitrogens with zero attached hydrogens (tertiary/aromatic N) is 2. The van der Waals surface area contributed by atoms with Crippen LogP contribution in [0.1, 0.15) is 36.6 Å². The number of benzene rings is 1. The van der Waals surface area contributed by atoms with Gasteiger partial charge in [-0.25, -0.2) is 9.97 Å². The highest BCUT2D eigenvalue weighted by Gasteiger charge is 2.11. The molecule has 18 heavy (non-hydrogen) atoms. The van der Waals surface area contributed by atoms with Crippen molar-refractivity contribution < 1.29 is 5.11 Å². The van der Waals surface area contributed by atoms with Crippen molar-refractivity contribution in [2.75, 3.05) is 0 Å². The molecule has 2 rings (SSSR count). The third kappa shape index (κ3) is 3.14. The summed E-state index contributed by atoms with van der Waals surface area (Å²) in [5.41, 5.74) is 2.86. The molecule has 0 spiro atoms. The zero-order valence-electron chi connectivity index (χ0n) is 10.7. The van der Waals surface area contributed by atoms with E-state index in [4.69, 9.17) is 0 Å². The van der Waals surface area contributed by atoms with Crippen LogP contribution < -0.4 is 0 Å². The highest BCUT2D eigenvalue weighted by Crippen LogP contribution is 2.22. The van der Waals surface area contributed by atoms with Gasteiger partial charge in [-0.3, -0.25) is 0 Å². The second-order valence-corrected chi connectivity index (χ2v) is 4.92. The van der Waals surface area contributed by atoms with Gasteiger partial charge in [-0.05, 0) is 23.5 Å². The first-order valence-corrected chi connectivity index (χ1v) is 6.18. The van der Waals surface area contributed by atoms with Crippen molar-refractivity contribution in [2.24, 2.45) is 5.92 Å². The average Bonchev–Trinajstić information content (AvgIpc) is 2.38. The molecule has 3 heteroatoms. The van der Waals surface area contributed by atoms with Gasteiger partial charge in [-0.2, -0.15) is 0 Å². The number of rotatable bonds is 4. The maximum Gasteiger partial charge on any atom is 0.115 e. The fourth-order valence-corrected chi connectivity index (χ4v) is 2.01. The fraction of sp³-hybridized carbons (Fsp3) is 0.333. The lowest BCUT2D eigenvalue weighted by Gasteiger charge is -2.12. The van der Waals surface area contributed by atoms with Gasteiger partial charge in [-0.15, -0.1) is 0 Å². The van der Waals surface area contributed by atoms with E-state index in [1.807, 2.05) is 12.1 Å². The summed E-state index contributed by atoms with van der Waals surface area (Å²) >= 11 is 0. The molecule has 0 bridgehead atoms. The molecule has 0 fully saturated rings. The zero-order valence-corrected chi connectivity index (χ0v) is 10.7. The van der Waals surface area contributed by atoms with Crippen molar-refractivity contribution in [1.82, 2.24) is 9.97 Å². The minimum absolute atomic E-state index is 0.609. The van der Waals surface area contributed by atoms with E-state index in [9.17, 15) is 5.11 Å². The van der Waals surface area contributed by atoms with Crippen LogP contribution in [0, 0.1) is 5.92 Å². The number of aliphatic hydroxyl groups excluding tert-OH is 1. The van der Waals surface area contributed by atoms with E-state index in [1.54, 1.807) is 12.4 Å². The van der Waals surface area contributed by atoms with Gasteiger partial charge in [0.15, 0.2) is 0 Å². The Morgan fingerprint density at radius 1 is 1.11 bits per heavy atom. The fourth-order valence-electron chi connectivity index (χ4n) is 2.01. The molecule has 1 atom stereocenters. The Hall–Kier alpha value is -1.74. The molecule has 1 aromatic heterocycles. The van der Waals surface area contributed by atoms with Crippen LogP contribution in [0.5, 0.6) is 0 Å². The maximum atomic E-state index is 10.3. The summed E-state index contributed by atoms with van der Waals surface area (Å²) in [6.45, 7) is 4.38. The largest absolute Gasteiger partial charge is 0.384 e. The number of aliphatic hydroxyl groups is 1. The van der Waals surface area contributed by atoms with Crippen LogP contribution in [0.3, 0.4) is 0 Å². The molecule has 1 aromatic carbocycles. The quantitative estimate of drug-likeness (QED) is 0.896. The minimum atomic E-state index is -0.654. The highest BCUT2D eigenvalue weighted by atomic mass is 16.3. The van der Waals surface area contributed by atoms with Crippen LogP contribution in [0.2, 0.25) is 0 Å². The standard InChI is InChI=1S/C15H18N2O/c1-11(2)6-12-4-3-5-13(7-12)15(18)14-8-16-10-17-9-14/h3-5,7-11,15,18H,6H2,1-2H3. The van der Waals surface area contributed by atoms with E-state index in [-0.39, 0.29) is 0 Å². The van der Waals surface area contributed by atoms with Gasteiger partial charge in [0.25, 0.3) is 0 Å². The monoisotopic (exact) mass is 242 g/mol. The topological polar surface area (TPSA) is 46.0 Å². The van der Waals surface area contributed by atoms with E-state index in [2.05, 4.69) is 35.9 Å². The van der Waals surface area contributed by atoms with E-state index in [1.165, 1.54) is 11.9 Å². The Balaban J connectivity index is 2.23. The van der Waals surface area contributed by atoms with Gasteiger partial charge in [0, 0.05) is 18.0 Å². The summed E-state index contributed by atoms with van der Waals surface area (Å²) in [4.78, 5) is 7.86. The van der Waals surface area contributed by atoms with Gasteiger partial charge in [0.2, 0.25) is 0 Å². The zero-order chi connectivity index (χ0) is 13.0. The predicted molar refractivity (Wildman–Crippen MR) is 71.1 cm³/mol. The Kier molecular flexibility index (Phi) is 4.05. The average molecular weight is 242 g/mol. The first kappa shape index (κ1) is 12.7. The normalized spacial score (nSPS) is 12.7. The lowest BCUT2D eigenvalue weighted by atomic mass is 9.97. The van der Waals surface area contributed by atoms with Gasteiger partial charge in [0.05, 0.1) is 0 Å². The number of hydrogen-bond acceptors (Lipinski definition) is 3. The molecule has 0 saturated carbocycles. The molecule has 2 aromatic rings. The van der Waals surface area contributed by atoms with Crippen LogP contribution in [0.4, 0.5) is 0 Å². The molecule has 1 heterocycles. The van der Waals surface area contributed by atoms with Gasteiger partial charge < -0.3 is 5.11 Å². The maximum absolute atomic E-state index is 10.3. The molecular weight excluding hydrogens is 224 g/mol. The van der Waals surface area contributed by atoms with E-state index in [0.29, 0.717) is 5.92 Å². The molecule has 0 radical (unpaired) electrons. The Bertz CT molecular complexity index is 497. The van der Waals surface area contributed by atoms with Gasteiger partial charge >= 0.3 is 0 Å². The molecule has 3 nitrogen and oxygen atoms in total. The molecule has 0 aliphatic carbocycles. The predicted octanol–water partition coefficient (Wildman–Crippen LogP) is 2.76. The van der Waals surface area contributed by atoms with Crippen molar-refractivity contribution >= 4 is 0 Å². The second kappa shape index (κ2) is 5.74. The van der Waals surface area contributed by atoms with Crippen molar-refractivity contribution in [1.29, 1.82) is 0 Å². The molecule has 0 saturated heterocycles. The lowest BCUT2D eigenvalue weighted by Crippen LogP contribution is -2.02. The SMILES string of the molecule is CC(C)Cc1cccc(C(O)c2cncnc2)c1. The molecule has 0 aliphatic heterocycles. The Labute approximate surface area is 108 Å². The summed E-state index contributed by atoms with van der Waals surface area (Å²) in [5.74, 6) is 0.609.